The Balaban J connectivity index is 2.01. The Morgan fingerprint density at radius 3 is 2.90 bits per heavy atom. The maximum absolute atomic E-state index is 5.93. The minimum absolute atomic E-state index is 0.251. The van der Waals surface area contributed by atoms with Crippen molar-refractivity contribution in [2.75, 3.05) is 13.7 Å². The van der Waals surface area contributed by atoms with Gasteiger partial charge in [-0.25, -0.2) is 0 Å². The number of aryl methyl sites for hydroxylation is 1. The van der Waals surface area contributed by atoms with Crippen molar-refractivity contribution in [1.82, 2.24) is 15.1 Å². The molecule has 4 nitrogen and oxygen atoms in total. The van der Waals surface area contributed by atoms with Gasteiger partial charge in [0, 0.05) is 35.7 Å². The van der Waals surface area contributed by atoms with Gasteiger partial charge in [0.15, 0.2) is 0 Å². The molecule has 1 aromatic heterocycles. The van der Waals surface area contributed by atoms with Crippen molar-refractivity contribution in [3.05, 3.63) is 46.2 Å². The van der Waals surface area contributed by atoms with Gasteiger partial charge in [0.1, 0.15) is 5.75 Å². The van der Waals surface area contributed by atoms with Crippen LogP contribution in [0.2, 0.25) is 0 Å². The van der Waals surface area contributed by atoms with Crippen LogP contribution in [0, 0.1) is 0 Å². The normalized spacial score (nSPS) is 12.4. The van der Waals surface area contributed by atoms with Crippen LogP contribution in [-0.2, 0) is 13.5 Å². The van der Waals surface area contributed by atoms with Gasteiger partial charge >= 0.3 is 0 Å². The van der Waals surface area contributed by atoms with Crippen LogP contribution in [0.3, 0.4) is 0 Å². The van der Waals surface area contributed by atoms with Crippen LogP contribution in [0.4, 0.5) is 0 Å². The number of nitrogens with zero attached hydrogens (tertiary/aromatic N) is 2. The van der Waals surface area contributed by atoms with Crippen molar-refractivity contribution in [2.45, 2.75) is 19.4 Å². The van der Waals surface area contributed by atoms with E-state index in [1.807, 2.05) is 43.3 Å². The molecule has 20 heavy (non-hydrogen) atoms. The molecule has 5 heteroatoms. The highest BCUT2D eigenvalue weighted by molar-refractivity contribution is 9.10. The first-order chi connectivity index (χ1) is 9.60. The van der Waals surface area contributed by atoms with Crippen molar-refractivity contribution in [2.24, 2.45) is 7.05 Å². The van der Waals surface area contributed by atoms with Crippen LogP contribution in [0.5, 0.6) is 5.75 Å². The summed E-state index contributed by atoms with van der Waals surface area (Å²) >= 11 is 3.51. The minimum Gasteiger partial charge on any atom is -0.493 e. The summed E-state index contributed by atoms with van der Waals surface area (Å²) in [4.78, 5) is 0. The van der Waals surface area contributed by atoms with Gasteiger partial charge in [0.05, 0.1) is 12.8 Å². The molecule has 2 rings (SSSR count). The van der Waals surface area contributed by atoms with E-state index in [-0.39, 0.29) is 6.04 Å². The summed E-state index contributed by atoms with van der Waals surface area (Å²) in [6, 6.07) is 6.36. The van der Waals surface area contributed by atoms with E-state index in [2.05, 4.69) is 39.3 Å². The monoisotopic (exact) mass is 337 g/mol. The molecule has 1 unspecified atom stereocenters. The molecule has 108 valence electrons. The molecule has 0 spiro atoms. The molecule has 1 atom stereocenters. The molecular formula is C15H20BrN3O. The summed E-state index contributed by atoms with van der Waals surface area (Å²) in [5.41, 5.74) is 2.35. The molecular weight excluding hydrogens is 318 g/mol. The fraction of sp³-hybridized carbons (Fsp3) is 0.400. The number of halogens is 1. The lowest BCUT2D eigenvalue weighted by Crippen LogP contribution is -2.14. The molecule has 1 N–H and O–H groups in total. The minimum atomic E-state index is 0.251. The van der Waals surface area contributed by atoms with Crippen molar-refractivity contribution in [1.29, 1.82) is 0 Å². The van der Waals surface area contributed by atoms with Gasteiger partial charge in [0.2, 0.25) is 0 Å². The third kappa shape index (κ3) is 3.84. The standard InChI is InChI=1S/C15H20BrN3O/c1-11(17-2)14-8-13(16)4-5-15(14)20-7-6-12-9-18-19(3)10-12/h4-5,8-11,17H,6-7H2,1-3H3. The van der Waals surface area contributed by atoms with E-state index in [0.29, 0.717) is 6.61 Å². The summed E-state index contributed by atoms with van der Waals surface area (Å²) in [7, 11) is 3.87. The van der Waals surface area contributed by atoms with E-state index in [4.69, 9.17) is 4.74 Å². The van der Waals surface area contributed by atoms with Gasteiger partial charge in [-0.2, -0.15) is 5.10 Å². The van der Waals surface area contributed by atoms with Gasteiger partial charge < -0.3 is 10.1 Å². The Labute approximate surface area is 128 Å². The summed E-state index contributed by atoms with van der Waals surface area (Å²) in [6.45, 7) is 2.77. The lowest BCUT2D eigenvalue weighted by molar-refractivity contribution is 0.315. The molecule has 0 bridgehead atoms. The lowest BCUT2D eigenvalue weighted by atomic mass is 10.1. The zero-order valence-electron chi connectivity index (χ0n) is 12.1. The Morgan fingerprint density at radius 2 is 2.25 bits per heavy atom. The quantitative estimate of drug-likeness (QED) is 0.880. The second-order valence-electron chi connectivity index (χ2n) is 4.81. The Bertz CT molecular complexity index is 568. The molecule has 0 fully saturated rings. The first-order valence-electron chi connectivity index (χ1n) is 6.67. The van der Waals surface area contributed by atoms with Gasteiger partial charge in [-0.3, -0.25) is 4.68 Å². The number of hydrogen-bond donors (Lipinski definition) is 1. The average molecular weight is 338 g/mol. The number of hydrogen-bond acceptors (Lipinski definition) is 3. The van der Waals surface area contributed by atoms with Crippen LogP contribution < -0.4 is 10.1 Å². The molecule has 0 aliphatic carbocycles. The van der Waals surface area contributed by atoms with Gasteiger partial charge in [-0.1, -0.05) is 15.9 Å². The number of aromatic nitrogens is 2. The van der Waals surface area contributed by atoms with E-state index >= 15 is 0 Å². The lowest BCUT2D eigenvalue weighted by Gasteiger charge is -2.17. The summed E-state index contributed by atoms with van der Waals surface area (Å²) in [6.07, 6.45) is 4.75. The van der Waals surface area contributed by atoms with Crippen LogP contribution >= 0.6 is 15.9 Å². The van der Waals surface area contributed by atoms with E-state index in [1.165, 1.54) is 5.56 Å². The predicted molar refractivity (Wildman–Crippen MR) is 84.0 cm³/mol. The smallest absolute Gasteiger partial charge is 0.124 e. The van der Waals surface area contributed by atoms with Gasteiger partial charge in [-0.15, -0.1) is 0 Å². The maximum atomic E-state index is 5.93. The second kappa shape index (κ2) is 6.90. The highest BCUT2D eigenvalue weighted by Crippen LogP contribution is 2.28. The topological polar surface area (TPSA) is 39.1 Å². The van der Waals surface area contributed by atoms with Crippen molar-refractivity contribution in [3.63, 3.8) is 0 Å². The van der Waals surface area contributed by atoms with E-state index in [9.17, 15) is 0 Å². The molecule has 0 radical (unpaired) electrons. The SMILES string of the molecule is CNC(C)c1cc(Br)ccc1OCCc1cnn(C)c1. The molecule has 2 aromatic rings. The van der Waals surface area contributed by atoms with Crippen molar-refractivity contribution >= 4 is 15.9 Å². The fourth-order valence-electron chi connectivity index (χ4n) is 2.02. The predicted octanol–water partition coefficient (Wildman–Crippen LogP) is 3.08. The van der Waals surface area contributed by atoms with Crippen LogP contribution in [-0.4, -0.2) is 23.4 Å². The van der Waals surface area contributed by atoms with Gasteiger partial charge in [-0.05, 0) is 37.7 Å². The summed E-state index contributed by atoms with van der Waals surface area (Å²) < 4.78 is 8.80. The summed E-state index contributed by atoms with van der Waals surface area (Å²) in [5, 5.41) is 7.40. The molecule has 0 saturated carbocycles. The second-order valence-corrected chi connectivity index (χ2v) is 5.73. The Kier molecular flexibility index (Phi) is 5.20. The maximum Gasteiger partial charge on any atom is 0.124 e. The Hall–Kier alpha value is -1.33. The molecule has 0 aliphatic heterocycles. The van der Waals surface area contributed by atoms with E-state index in [1.54, 1.807) is 0 Å². The third-order valence-electron chi connectivity index (χ3n) is 3.28. The first kappa shape index (κ1) is 15.1. The average Bonchev–Trinajstić information content (AvgIpc) is 2.85. The van der Waals surface area contributed by atoms with Crippen LogP contribution in [0.1, 0.15) is 24.1 Å². The molecule has 1 heterocycles. The number of nitrogens with one attached hydrogen (secondary N) is 1. The third-order valence-corrected chi connectivity index (χ3v) is 3.77. The highest BCUT2D eigenvalue weighted by Gasteiger charge is 2.11. The Morgan fingerprint density at radius 1 is 1.45 bits per heavy atom. The van der Waals surface area contributed by atoms with Crippen LogP contribution in [0.15, 0.2) is 35.1 Å². The fourth-order valence-corrected chi connectivity index (χ4v) is 2.40. The highest BCUT2D eigenvalue weighted by atomic mass is 79.9. The van der Waals surface area contributed by atoms with Crippen molar-refractivity contribution in [3.8, 4) is 5.75 Å². The number of benzene rings is 1. The first-order valence-corrected chi connectivity index (χ1v) is 7.46. The van der Waals surface area contributed by atoms with Crippen LogP contribution in [0.25, 0.3) is 0 Å². The largest absolute Gasteiger partial charge is 0.493 e. The van der Waals surface area contributed by atoms with Crippen molar-refractivity contribution < 1.29 is 4.74 Å². The number of ether oxygens (including phenoxy) is 1. The zero-order valence-corrected chi connectivity index (χ0v) is 13.6. The number of rotatable bonds is 6. The molecule has 0 amide bonds. The summed E-state index contributed by atoms with van der Waals surface area (Å²) in [5.74, 6) is 0.930. The van der Waals surface area contributed by atoms with E-state index < -0.39 is 0 Å². The zero-order chi connectivity index (χ0) is 14.5. The molecule has 0 saturated heterocycles. The van der Waals surface area contributed by atoms with Gasteiger partial charge in [0.25, 0.3) is 0 Å². The molecule has 0 aliphatic rings. The van der Waals surface area contributed by atoms with E-state index in [0.717, 1.165) is 22.2 Å². The molecule has 1 aromatic carbocycles.